The molecule has 6 nitrogen and oxygen atoms in total. The summed E-state index contributed by atoms with van der Waals surface area (Å²) in [6.07, 6.45) is 1.73. The summed E-state index contributed by atoms with van der Waals surface area (Å²) < 4.78 is 12.2. The van der Waals surface area contributed by atoms with Gasteiger partial charge in [-0.25, -0.2) is 14.3 Å². The van der Waals surface area contributed by atoms with E-state index in [9.17, 15) is 4.79 Å². The number of aromatic nitrogens is 3. The molecule has 3 heterocycles. The molecule has 7 heteroatoms. The van der Waals surface area contributed by atoms with Crippen molar-refractivity contribution in [1.29, 1.82) is 0 Å². The van der Waals surface area contributed by atoms with Crippen LogP contribution in [0.3, 0.4) is 0 Å². The van der Waals surface area contributed by atoms with Gasteiger partial charge in [0.15, 0.2) is 5.65 Å². The molecule has 0 unspecified atom stereocenters. The smallest absolute Gasteiger partial charge is 0.374 e. The third-order valence-corrected chi connectivity index (χ3v) is 3.82. The molecule has 4 rings (SSSR count). The summed E-state index contributed by atoms with van der Waals surface area (Å²) in [7, 11) is 0. The fourth-order valence-corrected chi connectivity index (χ4v) is 2.69. The number of esters is 1. The SMILES string of the molecule is CCOC(=O)c1cc2cc(-c3cnc4ccc(Cl)nn34)ccc2o1. The topological polar surface area (TPSA) is 69.6 Å². The molecule has 0 fully saturated rings. The molecule has 1 aromatic carbocycles. The van der Waals surface area contributed by atoms with Crippen molar-refractivity contribution in [2.24, 2.45) is 0 Å². The predicted molar refractivity (Wildman–Crippen MR) is 89.2 cm³/mol. The van der Waals surface area contributed by atoms with Gasteiger partial charge >= 0.3 is 5.97 Å². The van der Waals surface area contributed by atoms with Crippen molar-refractivity contribution in [3.8, 4) is 11.3 Å². The zero-order valence-electron chi connectivity index (χ0n) is 12.7. The number of fused-ring (bicyclic) bond motifs is 2. The Morgan fingerprint density at radius 1 is 1.29 bits per heavy atom. The van der Waals surface area contributed by atoms with Crippen molar-refractivity contribution in [2.45, 2.75) is 6.92 Å². The number of furan rings is 1. The van der Waals surface area contributed by atoms with Crippen LogP contribution in [0.2, 0.25) is 5.15 Å². The number of rotatable bonds is 3. The van der Waals surface area contributed by atoms with E-state index in [1.54, 1.807) is 41.9 Å². The maximum absolute atomic E-state index is 11.8. The Kier molecular flexibility index (Phi) is 3.46. The molecular formula is C17H12ClN3O3. The largest absolute Gasteiger partial charge is 0.460 e. The molecule has 0 spiro atoms. The van der Waals surface area contributed by atoms with Gasteiger partial charge < -0.3 is 9.15 Å². The van der Waals surface area contributed by atoms with Crippen LogP contribution in [0, 0.1) is 0 Å². The maximum Gasteiger partial charge on any atom is 0.374 e. The van der Waals surface area contributed by atoms with Gasteiger partial charge in [-0.3, -0.25) is 0 Å². The van der Waals surface area contributed by atoms with Crippen LogP contribution in [-0.2, 0) is 4.74 Å². The molecule has 0 saturated carbocycles. The van der Waals surface area contributed by atoms with Gasteiger partial charge in [0, 0.05) is 10.9 Å². The van der Waals surface area contributed by atoms with Crippen LogP contribution in [0.5, 0.6) is 0 Å². The van der Waals surface area contributed by atoms with E-state index in [1.165, 1.54) is 0 Å². The summed E-state index contributed by atoms with van der Waals surface area (Å²) in [6, 6.07) is 10.8. The number of imidazole rings is 1. The van der Waals surface area contributed by atoms with Crippen molar-refractivity contribution >= 4 is 34.2 Å². The molecule has 120 valence electrons. The van der Waals surface area contributed by atoms with Crippen LogP contribution in [0.15, 0.2) is 47.0 Å². The highest BCUT2D eigenvalue weighted by atomic mass is 35.5. The van der Waals surface area contributed by atoms with Crippen molar-refractivity contribution in [1.82, 2.24) is 14.6 Å². The van der Waals surface area contributed by atoms with Gasteiger partial charge in [0.05, 0.1) is 18.5 Å². The van der Waals surface area contributed by atoms with Crippen molar-refractivity contribution in [2.75, 3.05) is 6.61 Å². The van der Waals surface area contributed by atoms with Gasteiger partial charge in [-0.05, 0) is 43.3 Å². The van der Waals surface area contributed by atoms with E-state index in [4.69, 9.17) is 20.8 Å². The lowest BCUT2D eigenvalue weighted by Crippen LogP contribution is -2.02. The molecule has 0 bridgehead atoms. The lowest BCUT2D eigenvalue weighted by Gasteiger charge is -2.01. The molecule has 3 aromatic heterocycles. The normalized spacial score (nSPS) is 11.2. The number of carbonyl (C=O) groups excluding carboxylic acids is 1. The summed E-state index contributed by atoms with van der Waals surface area (Å²) in [5.41, 5.74) is 3.00. The van der Waals surface area contributed by atoms with E-state index in [1.807, 2.05) is 12.1 Å². The lowest BCUT2D eigenvalue weighted by molar-refractivity contribution is 0.0492. The van der Waals surface area contributed by atoms with Gasteiger partial charge in [-0.15, -0.1) is 0 Å². The Labute approximate surface area is 141 Å². The second kappa shape index (κ2) is 5.65. The Morgan fingerprint density at radius 2 is 2.17 bits per heavy atom. The van der Waals surface area contributed by atoms with E-state index >= 15 is 0 Å². The van der Waals surface area contributed by atoms with Crippen LogP contribution in [0.1, 0.15) is 17.5 Å². The van der Waals surface area contributed by atoms with Gasteiger partial charge in [0.25, 0.3) is 0 Å². The quantitative estimate of drug-likeness (QED) is 0.527. The average molecular weight is 342 g/mol. The first-order valence-corrected chi connectivity index (χ1v) is 7.75. The molecule has 24 heavy (non-hydrogen) atoms. The highest BCUT2D eigenvalue weighted by Crippen LogP contribution is 2.27. The average Bonchev–Trinajstić information content (AvgIpc) is 3.17. The Hall–Kier alpha value is -2.86. The van der Waals surface area contributed by atoms with Crippen LogP contribution in [0.25, 0.3) is 27.9 Å². The molecular weight excluding hydrogens is 330 g/mol. The third-order valence-electron chi connectivity index (χ3n) is 3.62. The van der Waals surface area contributed by atoms with Crippen LogP contribution < -0.4 is 0 Å². The Bertz CT molecular complexity index is 1070. The highest BCUT2D eigenvalue weighted by molar-refractivity contribution is 6.29. The standard InChI is InChI=1S/C17H12ClN3O3/c1-2-23-17(22)14-8-11-7-10(3-4-13(11)24-14)12-9-19-16-6-5-15(18)20-21(12)16/h3-9H,2H2,1H3. The molecule has 0 aliphatic heterocycles. The molecule has 0 radical (unpaired) electrons. The number of halogens is 1. The Balaban J connectivity index is 1.82. The summed E-state index contributed by atoms with van der Waals surface area (Å²) in [6.45, 7) is 2.05. The van der Waals surface area contributed by atoms with Crippen molar-refractivity contribution in [3.63, 3.8) is 0 Å². The van der Waals surface area contributed by atoms with Crippen molar-refractivity contribution in [3.05, 3.63) is 53.5 Å². The fraction of sp³-hybridized carbons (Fsp3) is 0.118. The number of benzene rings is 1. The molecule has 0 amide bonds. The first-order chi connectivity index (χ1) is 11.7. The molecule has 0 saturated heterocycles. The van der Waals surface area contributed by atoms with Crippen LogP contribution in [-0.4, -0.2) is 27.2 Å². The minimum Gasteiger partial charge on any atom is -0.460 e. The lowest BCUT2D eigenvalue weighted by atomic mass is 10.1. The minimum absolute atomic E-state index is 0.184. The van der Waals surface area contributed by atoms with Crippen LogP contribution in [0.4, 0.5) is 0 Å². The second-order valence-corrected chi connectivity index (χ2v) is 5.54. The van der Waals surface area contributed by atoms with Gasteiger partial charge in [0.1, 0.15) is 10.7 Å². The summed E-state index contributed by atoms with van der Waals surface area (Å²) in [4.78, 5) is 16.1. The second-order valence-electron chi connectivity index (χ2n) is 5.15. The minimum atomic E-state index is -0.474. The molecule has 0 aliphatic carbocycles. The van der Waals surface area contributed by atoms with Gasteiger partial charge in [0.2, 0.25) is 5.76 Å². The van der Waals surface area contributed by atoms with E-state index in [0.717, 1.165) is 16.6 Å². The summed E-state index contributed by atoms with van der Waals surface area (Å²) in [5, 5.41) is 5.46. The number of carbonyl (C=O) groups is 1. The van der Waals surface area contributed by atoms with Crippen LogP contribution >= 0.6 is 11.6 Å². The molecule has 0 N–H and O–H groups in total. The van der Waals surface area contributed by atoms with E-state index < -0.39 is 5.97 Å². The fourth-order valence-electron chi connectivity index (χ4n) is 2.55. The Morgan fingerprint density at radius 3 is 3.00 bits per heavy atom. The number of nitrogens with zero attached hydrogens (tertiary/aromatic N) is 3. The summed E-state index contributed by atoms with van der Waals surface area (Å²) >= 11 is 5.97. The number of hydrogen-bond donors (Lipinski definition) is 0. The number of ether oxygens (including phenoxy) is 1. The van der Waals surface area contributed by atoms with Gasteiger partial charge in [-0.1, -0.05) is 11.6 Å². The van der Waals surface area contributed by atoms with E-state index in [-0.39, 0.29) is 5.76 Å². The molecule has 4 aromatic rings. The zero-order chi connectivity index (χ0) is 16.7. The monoisotopic (exact) mass is 341 g/mol. The van der Waals surface area contributed by atoms with E-state index in [2.05, 4.69) is 10.1 Å². The summed E-state index contributed by atoms with van der Waals surface area (Å²) in [5.74, 6) is -0.290. The predicted octanol–water partition coefficient (Wildman–Crippen LogP) is 3.97. The first kappa shape index (κ1) is 14.7. The maximum atomic E-state index is 11.8. The third kappa shape index (κ3) is 2.41. The number of hydrogen-bond acceptors (Lipinski definition) is 5. The molecule has 0 aliphatic rings. The van der Waals surface area contributed by atoms with E-state index in [0.29, 0.717) is 23.0 Å². The molecule has 0 atom stereocenters. The van der Waals surface area contributed by atoms with Crippen molar-refractivity contribution < 1.29 is 13.9 Å². The van der Waals surface area contributed by atoms with Gasteiger partial charge in [-0.2, -0.15) is 5.10 Å². The highest BCUT2D eigenvalue weighted by Gasteiger charge is 2.15. The zero-order valence-corrected chi connectivity index (χ0v) is 13.4. The first-order valence-electron chi connectivity index (χ1n) is 7.37.